The van der Waals surface area contributed by atoms with E-state index in [2.05, 4.69) is 10.3 Å². The summed E-state index contributed by atoms with van der Waals surface area (Å²) in [5.41, 5.74) is 9.53. The fourth-order valence-electron chi connectivity index (χ4n) is 1.75. The van der Waals surface area contributed by atoms with Gasteiger partial charge in [0.1, 0.15) is 0 Å². The molecule has 0 aliphatic carbocycles. The van der Waals surface area contributed by atoms with Crippen molar-refractivity contribution in [1.82, 2.24) is 4.98 Å². The molecule has 1 heterocycles. The molecule has 1 aromatic heterocycles. The molecular formula is C14H15N3O. The summed E-state index contributed by atoms with van der Waals surface area (Å²) in [6.45, 7) is 3.80. The number of nitrogen functional groups attached to an aromatic ring is 1. The van der Waals surface area contributed by atoms with Crippen molar-refractivity contribution in [1.29, 1.82) is 0 Å². The van der Waals surface area contributed by atoms with Crippen LogP contribution in [-0.2, 0) is 0 Å². The molecule has 2 rings (SSSR count). The number of benzene rings is 1. The van der Waals surface area contributed by atoms with Gasteiger partial charge < -0.3 is 11.1 Å². The quantitative estimate of drug-likeness (QED) is 0.794. The molecule has 0 saturated heterocycles. The minimum atomic E-state index is -0.167. The summed E-state index contributed by atoms with van der Waals surface area (Å²) in [6, 6.07) is 7.07. The molecule has 3 N–H and O–H groups in total. The normalized spacial score (nSPS) is 10.1. The highest BCUT2D eigenvalue weighted by molar-refractivity contribution is 6.05. The summed E-state index contributed by atoms with van der Waals surface area (Å²) < 4.78 is 0. The molecule has 0 aliphatic rings. The number of rotatable bonds is 2. The maximum Gasteiger partial charge on any atom is 0.255 e. The minimum Gasteiger partial charge on any atom is -0.399 e. The van der Waals surface area contributed by atoms with Crippen molar-refractivity contribution in [3.05, 3.63) is 53.3 Å². The van der Waals surface area contributed by atoms with Gasteiger partial charge in [-0.15, -0.1) is 0 Å². The molecule has 0 atom stereocenters. The molecular weight excluding hydrogens is 226 g/mol. The predicted octanol–water partition coefficient (Wildman–Crippen LogP) is 2.53. The fourth-order valence-corrected chi connectivity index (χ4v) is 1.75. The lowest BCUT2D eigenvalue weighted by Crippen LogP contribution is -2.13. The fraction of sp³-hybridized carbons (Fsp3) is 0.143. The highest BCUT2D eigenvalue weighted by Gasteiger charge is 2.08. The van der Waals surface area contributed by atoms with Gasteiger partial charge in [0.2, 0.25) is 0 Å². The smallest absolute Gasteiger partial charge is 0.255 e. The summed E-state index contributed by atoms with van der Waals surface area (Å²) in [7, 11) is 0. The number of aromatic nitrogens is 1. The van der Waals surface area contributed by atoms with Crippen LogP contribution in [0.4, 0.5) is 11.4 Å². The van der Waals surface area contributed by atoms with E-state index in [-0.39, 0.29) is 5.91 Å². The maximum atomic E-state index is 12.1. The maximum absolute atomic E-state index is 12.1. The Balaban J connectivity index is 2.25. The van der Waals surface area contributed by atoms with Gasteiger partial charge in [-0.2, -0.15) is 0 Å². The summed E-state index contributed by atoms with van der Waals surface area (Å²) in [5, 5.41) is 2.85. The van der Waals surface area contributed by atoms with Crippen molar-refractivity contribution in [2.75, 3.05) is 11.1 Å². The van der Waals surface area contributed by atoms with E-state index in [1.165, 1.54) is 0 Å². The van der Waals surface area contributed by atoms with Crippen LogP contribution in [0.1, 0.15) is 21.5 Å². The van der Waals surface area contributed by atoms with E-state index in [0.29, 0.717) is 11.3 Å². The second-order valence-corrected chi connectivity index (χ2v) is 4.28. The zero-order chi connectivity index (χ0) is 13.1. The molecule has 92 valence electrons. The standard InChI is InChI=1S/C14H15N3O/c1-9-5-11(7-12(15)6-9)14(18)17-13-3-4-16-8-10(13)2/h3-8H,15H2,1-2H3,(H,16,17,18). The van der Waals surface area contributed by atoms with Crippen LogP contribution >= 0.6 is 0 Å². The van der Waals surface area contributed by atoms with Crippen molar-refractivity contribution >= 4 is 17.3 Å². The third-order valence-electron chi connectivity index (χ3n) is 2.63. The van der Waals surface area contributed by atoms with E-state index in [0.717, 1.165) is 16.8 Å². The number of nitrogens with one attached hydrogen (secondary N) is 1. The molecule has 4 heteroatoms. The van der Waals surface area contributed by atoms with Gasteiger partial charge in [-0.3, -0.25) is 9.78 Å². The monoisotopic (exact) mass is 241 g/mol. The van der Waals surface area contributed by atoms with E-state index in [4.69, 9.17) is 5.73 Å². The van der Waals surface area contributed by atoms with Gasteiger partial charge in [-0.25, -0.2) is 0 Å². The van der Waals surface area contributed by atoms with Crippen molar-refractivity contribution in [3.63, 3.8) is 0 Å². The first-order chi connectivity index (χ1) is 8.56. The summed E-state index contributed by atoms with van der Waals surface area (Å²) in [4.78, 5) is 16.1. The van der Waals surface area contributed by atoms with Gasteiger partial charge in [0.15, 0.2) is 0 Å². The molecule has 0 saturated carbocycles. The second-order valence-electron chi connectivity index (χ2n) is 4.28. The van der Waals surface area contributed by atoms with Crippen molar-refractivity contribution < 1.29 is 4.79 Å². The molecule has 1 aromatic carbocycles. The largest absolute Gasteiger partial charge is 0.399 e. The molecule has 18 heavy (non-hydrogen) atoms. The number of pyridine rings is 1. The molecule has 0 radical (unpaired) electrons. The van der Waals surface area contributed by atoms with E-state index in [1.54, 1.807) is 24.5 Å². The number of carbonyl (C=O) groups excluding carboxylic acids is 1. The molecule has 0 bridgehead atoms. The Kier molecular flexibility index (Phi) is 3.28. The Bertz CT molecular complexity index is 573. The number of hydrogen-bond donors (Lipinski definition) is 2. The molecule has 0 spiro atoms. The number of hydrogen-bond acceptors (Lipinski definition) is 3. The van der Waals surface area contributed by atoms with Gasteiger partial charge in [0.05, 0.1) is 0 Å². The number of nitrogens with two attached hydrogens (primary N) is 1. The zero-order valence-corrected chi connectivity index (χ0v) is 10.4. The molecule has 1 amide bonds. The van der Waals surface area contributed by atoms with Crippen LogP contribution < -0.4 is 11.1 Å². The predicted molar refractivity (Wildman–Crippen MR) is 72.5 cm³/mol. The first-order valence-corrected chi connectivity index (χ1v) is 5.65. The van der Waals surface area contributed by atoms with Gasteiger partial charge in [-0.1, -0.05) is 0 Å². The van der Waals surface area contributed by atoms with Gasteiger partial charge in [0.25, 0.3) is 5.91 Å². The summed E-state index contributed by atoms with van der Waals surface area (Å²) in [6.07, 6.45) is 3.35. The van der Waals surface area contributed by atoms with E-state index >= 15 is 0 Å². The van der Waals surface area contributed by atoms with Crippen LogP contribution in [0, 0.1) is 13.8 Å². The lowest BCUT2D eigenvalue weighted by molar-refractivity contribution is 0.102. The van der Waals surface area contributed by atoms with E-state index in [9.17, 15) is 4.79 Å². The lowest BCUT2D eigenvalue weighted by atomic mass is 10.1. The van der Waals surface area contributed by atoms with Crippen molar-refractivity contribution in [2.24, 2.45) is 0 Å². The molecule has 2 aromatic rings. The first-order valence-electron chi connectivity index (χ1n) is 5.65. The Hall–Kier alpha value is -2.36. The zero-order valence-electron chi connectivity index (χ0n) is 10.4. The van der Waals surface area contributed by atoms with Gasteiger partial charge >= 0.3 is 0 Å². The Morgan fingerprint density at radius 3 is 2.72 bits per heavy atom. The van der Waals surface area contributed by atoms with E-state index in [1.807, 2.05) is 26.0 Å². The average molecular weight is 241 g/mol. The van der Waals surface area contributed by atoms with Crippen molar-refractivity contribution in [3.8, 4) is 0 Å². The third-order valence-corrected chi connectivity index (χ3v) is 2.63. The highest BCUT2D eigenvalue weighted by atomic mass is 16.1. The summed E-state index contributed by atoms with van der Waals surface area (Å²) >= 11 is 0. The van der Waals surface area contributed by atoms with Crippen LogP contribution in [0.2, 0.25) is 0 Å². The van der Waals surface area contributed by atoms with Crippen LogP contribution in [-0.4, -0.2) is 10.9 Å². The second kappa shape index (κ2) is 4.87. The number of amides is 1. The minimum absolute atomic E-state index is 0.167. The third kappa shape index (κ3) is 2.66. The van der Waals surface area contributed by atoms with Crippen molar-refractivity contribution in [2.45, 2.75) is 13.8 Å². The Morgan fingerprint density at radius 2 is 2.06 bits per heavy atom. The van der Waals surface area contributed by atoms with Crippen LogP contribution in [0.3, 0.4) is 0 Å². The lowest BCUT2D eigenvalue weighted by Gasteiger charge is -2.08. The molecule has 0 aliphatic heterocycles. The number of nitrogens with zero attached hydrogens (tertiary/aromatic N) is 1. The van der Waals surface area contributed by atoms with Gasteiger partial charge in [-0.05, 0) is 49.2 Å². The molecule has 0 fully saturated rings. The average Bonchev–Trinajstić information content (AvgIpc) is 2.31. The Labute approximate surface area is 106 Å². The summed E-state index contributed by atoms with van der Waals surface area (Å²) in [5.74, 6) is -0.167. The van der Waals surface area contributed by atoms with Crippen LogP contribution in [0.15, 0.2) is 36.7 Å². The van der Waals surface area contributed by atoms with E-state index < -0.39 is 0 Å². The Morgan fingerprint density at radius 1 is 1.28 bits per heavy atom. The highest BCUT2D eigenvalue weighted by Crippen LogP contribution is 2.16. The van der Waals surface area contributed by atoms with Gasteiger partial charge in [0, 0.05) is 29.3 Å². The SMILES string of the molecule is Cc1cc(N)cc(C(=O)Nc2ccncc2C)c1. The number of aryl methyl sites for hydroxylation is 2. The van der Waals surface area contributed by atoms with Crippen LogP contribution in [0.25, 0.3) is 0 Å². The number of anilines is 2. The topological polar surface area (TPSA) is 68.0 Å². The molecule has 4 nitrogen and oxygen atoms in total. The first kappa shape index (κ1) is 12.1. The molecule has 0 unspecified atom stereocenters. The number of carbonyl (C=O) groups is 1. The van der Waals surface area contributed by atoms with Crippen LogP contribution in [0.5, 0.6) is 0 Å².